The van der Waals surface area contributed by atoms with Crippen molar-refractivity contribution < 1.29 is 28.7 Å². The molecule has 1 amide bonds. The minimum Gasteiger partial charge on any atom is -0.489 e. The van der Waals surface area contributed by atoms with Gasteiger partial charge in [-0.15, -0.1) is 0 Å². The third-order valence-corrected chi connectivity index (χ3v) is 8.15. The fourth-order valence-corrected chi connectivity index (χ4v) is 5.35. The van der Waals surface area contributed by atoms with E-state index in [2.05, 4.69) is 22.3 Å². The van der Waals surface area contributed by atoms with E-state index in [0.717, 1.165) is 37.0 Å². The number of nitrogens with one attached hydrogen (secondary N) is 1. The highest BCUT2D eigenvalue weighted by atomic mass is 35.5. The number of carboxylic acids is 1. The summed E-state index contributed by atoms with van der Waals surface area (Å²) in [5, 5.41) is 17.7. The van der Waals surface area contributed by atoms with Gasteiger partial charge in [0.15, 0.2) is 0 Å². The zero-order chi connectivity index (χ0) is 30.8. The van der Waals surface area contributed by atoms with Gasteiger partial charge in [0.25, 0.3) is 0 Å². The Hall–Kier alpha value is -4.16. The Balaban J connectivity index is 1.18. The molecule has 2 N–H and O–H groups in total. The molecule has 0 aliphatic heterocycles. The molecule has 2 saturated carbocycles. The van der Waals surface area contributed by atoms with Crippen LogP contribution in [0.1, 0.15) is 64.4 Å². The highest BCUT2D eigenvalue weighted by molar-refractivity contribution is 6.39. The summed E-state index contributed by atoms with van der Waals surface area (Å²) in [5.41, 5.74) is 3.04. The normalized spacial score (nSPS) is 14.0. The quantitative estimate of drug-likeness (QED) is 0.174. The minimum absolute atomic E-state index is 0.0270. The molecule has 2 aliphatic carbocycles. The lowest BCUT2D eigenvalue weighted by Gasteiger charge is -2.10. The van der Waals surface area contributed by atoms with Crippen LogP contribution in [0, 0.1) is 17.8 Å². The second-order valence-electron chi connectivity index (χ2n) is 10.7. The SMILES string of the molecule is O=C(Nc1cc(C#Cc2ccc(OCc3c(-c4c(Cl)cccc4Cl)noc3C3CC3)cc2Cl)cc(C(=O)O)c1)OCC1CC1. The van der Waals surface area contributed by atoms with Gasteiger partial charge in [-0.1, -0.05) is 57.9 Å². The van der Waals surface area contributed by atoms with Crippen LogP contribution in [0.2, 0.25) is 15.1 Å². The number of halogens is 3. The van der Waals surface area contributed by atoms with Crippen molar-refractivity contribution in [2.45, 2.75) is 38.2 Å². The minimum atomic E-state index is -1.15. The number of amides is 1. The van der Waals surface area contributed by atoms with Crippen LogP contribution in [0.5, 0.6) is 5.75 Å². The first-order valence-electron chi connectivity index (χ1n) is 13.9. The first kappa shape index (κ1) is 29.9. The molecule has 2 fully saturated rings. The molecule has 2 aliphatic rings. The van der Waals surface area contributed by atoms with Gasteiger partial charge in [0.05, 0.1) is 32.8 Å². The van der Waals surface area contributed by atoms with Crippen LogP contribution in [0.4, 0.5) is 10.5 Å². The molecule has 8 nitrogen and oxygen atoms in total. The maximum atomic E-state index is 12.1. The Bertz CT molecular complexity index is 1800. The highest BCUT2D eigenvalue weighted by Gasteiger charge is 2.33. The Morgan fingerprint density at radius 2 is 1.75 bits per heavy atom. The Kier molecular flexibility index (Phi) is 8.72. The zero-order valence-electron chi connectivity index (χ0n) is 23.2. The molecule has 0 bridgehead atoms. The fourth-order valence-electron chi connectivity index (χ4n) is 4.56. The Labute approximate surface area is 268 Å². The molecule has 0 spiro atoms. The van der Waals surface area contributed by atoms with E-state index < -0.39 is 12.1 Å². The summed E-state index contributed by atoms with van der Waals surface area (Å²) in [6.45, 7) is 0.501. The lowest BCUT2D eigenvalue weighted by Crippen LogP contribution is -2.15. The summed E-state index contributed by atoms with van der Waals surface area (Å²) in [6.07, 6.45) is 3.46. The van der Waals surface area contributed by atoms with E-state index in [1.807, 2.05) is 0 Å². The molecule has 6 rings (SSSR count). The van der Waals surface area contributed by atoms with Crippen LogP contribution in [0.15, 0.2) is 59.1 Å². The summed E-state index contributed by atoms with van der Waals surface area (Å²) >= 11 is 19.5. The molecule has 0 saturated heterocycles. The van der Waals surface area contributed by atoms with E-state index in [-0.39, 0.29) is 23.8 Å². The molecular weight excluding hydrogens is 627 g/mol. The predicted molar refractivity (Wildman–Crippen MR) is 167 cm³/mol. The van der Waals surface area contributed by atoms with Gasteiger partial charge in [0.2, 0.25) is 0 Å². The number of hydrogen-bond acceptors (Lipinski definition) is 6. The monoisotopic (exact) mass is 650 g/mol. The smallest absolute Gasteiger partial charge is 0.411 e. The van der Waals surface area contributed by atoms with E-state index in [4.69, 9.17) is 48.8 Å². The number of carbonyl (C=O) groups is 2. The summed E-state index contributed by atoms with van der Waals surface area (Å²) in [7, 11) is 0. The summed E-state index contributed by atoms with van der Waals surface area (Å²) in [4.78, 5) is 23.8. The van der Waals surface area contributed by atoms with Gasteiger partial charge in [0.1, 0.15) is 23.8 Å². The van der Waals surface area contributed by atoms with Crippen LogP contribution >= 0.6 is 34.8 Å². The van der Waals surface area contributed by atoms with Crippen molar-refractivity contribution in [1.82, 2.24) is 5.16 Å². The number of aromatic nitrogens is 1. The molecule has 1 heterocycles. The number of rotatable bonds is 9. The average molecular weight is 652 g/mol. The van der Waals surface area contributed by atoms with E-state index >= 15 is 0 Å². The van der Waals surface area contributed by atoms with Gasteiger partial charge in [-0.2, -0.15) is 0 Å². The first-order chi connectivity index (χ1) is 21.2. The molecule has 1 aromatic heterocycles. The standard InChI is InChI=1S/C33H25Cl3N2O6/c34-26-2-1-3-27(35)29(26)30-25(31(44-38-30)21-8-9-21)17-42-24-11-10-20(28(36)15-24)7-6-19-12-22(32(39)40)14-23(13-19)37-33(41)43-16-18-4-5-18/h1-3,10-15,18,21H,4-5,8-9,16-17H2,(H,37,41)(H,39,40). The van der Waals surface area contributed by atoms with Crippen LogP contribution in [-0.4, -0.2) is 28.9 Å². The summed E-state index contributed by atoms with van der Waals surface area (Å²) in [6, 6.07) is 14.7. The van der Waals surface area contributed by atoms with Crippen molar-refractivity contribution in [3.63, 3.8) is 0 Å². The third-order valence-electron chi connectivity index (χ3n) is 7.20. The lowest BCUT2D eigenvalue weighted by molar-refractivity contribution is 0.0696. The predicted octanol–water partition coefficient (Wildman–Crippen LogP) is 8.81. The lowest BCUT2D eigenvalue weighted by atomic mass is 10.0. The number of benzene rings is 3. The number of anilines is 1. The number of ether oxygens (including phenoxy) is 2. The van der Waals surface area contributed by atoms with Crippen LogP contribution < -0.4 is 10.1 Å². The molecule has 3 aromatic carbocycles. The van der Waals surface area contributed by atoms with Crippen molar-refractivity contribution in [1.29, 1.82) is 0 Å². The van der Waals surface area contributed by atoms with Crippen LogP contribution in [0.3, 0.4) is 0 Å². The van der Waals surface area contributed by atoms with Gasteiger partial charge in [0, 0.05) is 34.4 Å². The highest BCUT2D eigenvalue weighted by Crippen LogP contribution is 2.46. The number of hydrogen-bond donors (Lipinski definition) is 2. The van der Waals surface area contributed by atoms with Gasteiger partial charge < -0.3 is 19.1 Å². The third kappa shape index (κ3) is 7.13. The van der Waals surface area contributed by atoms with Crippen molar-refractivity contribution in [3.8, 4) is 28.8 Å². The summed E-state index contributed by atoms with van der Waals surface area (Å²) < 4.78 is 17.0. The average Bonchev–Trinajstić information content (AvgIpc) is 3.93. The van der Waals surface area contributed by atoms with Crippen LogP contribution in [0.25, 0.3) is 11.3 Å². The van der Waals surface area contributed by atoms with E-state index in [0.29, 0.717) is 55.7 Å². The number of aromatic carboxylic acids is 1. The van der Waals surface area contributed by atoms with Crippen molar-refractivity contribution in [2.24, 2.45) is 5.92 Å². The molecule has 11 heteroatoms. The molecule has 4 aromatic rings. The topological polar surface area (TPSA) is 111 Å². The summed E-state index contributed by atoms with van der Waals surface area (Å²) in [5.74, 6) is 6.70. The largest absolute Gasteiger partial charge is 0.489 e. The van der Waals surface area contributed by atoms with E-state index in [1.165, 1.54) is 12.1 Å². The maximum absolute atomic E-state index is 12.1. The van der Waals surface area contributed by atoms with Crippen molar-refractivity contribution >= 4 is 52.6 Å². The zero-order valence-corrected chi connectivity index (χ0v) is 25.4. The maximum Gasteiger partial charge on any atom is 0.411 e. The molecule has 44 heavy (non-hydrogen) atoms. The molecular formula is C33H25Cl3N2O6. The van der Waals surface area contributed by atoms with Gasteiger partial charge in [-0.25, -0.2) is 9.59 Å². The van der Waals surface area contributed by atoms with Gasteiger partial charge in [-0.05, 0) is 74.1 Å². The number of nitrogens with zero attached hydrogens (tertiary/aromatic N) is 1. The number of carbonyl (C=O) groups excluding carboxylic acids is 1. The van der Waals surface area contributed by atoms with E-state index in [9.17, 15) is 14.7 Å². The fraction of sp³-hybridized carbons (Fsp3) is 0.242. The molecule has 0 unspecified atom stereocenters. The second-order valence-corrected chi connectivity index (χ2v) is 11.9. The van der Waals surface area contributed by atoms with Gasteiger partial charge in [-0.3, -0.25) is 5.32 Å². The van der Waals surface area contributed by atoms with Crippen molar-refractivity contribution in [3.05, 3.63) is 97.7 Å². The molecule has 0 atom stereocenters. The van der Waals surface area contributed by atoms with Crippen molar-refractivity contribution in [2.75, 3.05) is 11.9 Å². The first-order valence-corrected chi connectivity index (χ1v) is 15.1. The van der Waals surface area contributed by atoms with Gasteiger partial charge >= 0.3 is 12.1 Å². The Morgan fingerprint density at radius 1 is 0.977 bits per heavy atom. The van der Waals surface area contributed by atoms with E-state index in [1.54, 1.807) is 42.5 Å². The molecule has 0 radical (unpaired) electrons. The van der Waals surface area contributed by atoms with Crippen LogP contribution in [-0.2, 0) is 11.3 Å². The number of carboxylic acid groups (broad SMARTS) is 1. The Morgan fingerprint density at radius 3 is 2.43 bits per heavy atom. The molecule has 224 valence electrons. The second kappa shape index (κ2) is 12.8.